The molecule has 0 aromatic heterocycles. The Kier molecular flexibility index (Phi) is 4.30. The number of nitrogens with zero attached hydrogens (tertiary/aromatic N) is 1. The number of hydrogen-bond donors (Lipinski definition) is 2. The number of carbonyl (C=O) groups is 2. The molecule has 0 bridgehead atoms. The van der Waals surface area contributed by atoms with Crippen molar-refractivity contribution in [3.8, 4) is 5.75 Å². The number of amides is 1. The first-order valence-electron chi connectivity index (χ1n) is 6.46. The van der Waals surface area contributed by atoms with Crippen LogP contribution >= 0.6 is 11.6 Å². The number of halogens is 1. The Bertz CT molecular complexity index is 560. The third-order valence-electron chi connectivity index (χ3n) is 3.60. The van der Waals surface area contributed by atoms with Crippen molar-refractivity contribution in [3.63, 3.8) is 0 Å². The van der Waals surface area contributed by atoms with Gasteiger partial charge in [-0.1, -0.05) is 11.6 Å². The maximum atomic E-state index is 11.5. The molecule has 1 aliphatic heterocycles. The number of Topliss-reactive ketones (excluding diaryl/α,β-unsaturated/α-hetero) is 1. The second-order valence-corrected chi connectivity index (χ2v) is 5.48. The third-order valence-corrected chi connectivity index (χ3v) is 3.82. The molecule has 108 valence electrons. The van der Waals surface area contributed by atoms with E-state index >= 15 is 0 Å². The summed E-state index contributed by atoms with van der Waals surface area (Å²) in [5.41, 5.74) is 6.10. The van der Waals surface area contributed by atoms with E-state index in [9.17, 15) is 14.7 Å². The normalized spacial score (nSPS) is 19.2. The second kappa shape index (κ2) is 5.81. The largest absolute Gasteiger partial charge is 0.507 e. The Balaban J connectivity index is 2.29. The van der Waals surface area contributed by atoms with Crippen LogP contribution < -0.4 is 5.73 Å². The Morgan fingerprint density at radius 1 is 1.50 bits per heavy atom. The molecule has 3 N–H and O–H groups in total. The summed E-state index contributed by atoms with van der Waals surface area (Å²) in [6.07, 6.45) is 1.60. The van der Waals surface area contributed by atoms with Crippen LogP contribution in [0.4, 0.5) is 0 Å². The van der Waals surface area contributed by atoms with E-state index in [2.05, 4.69) is 0 Å². The van der Waals surface area contributed by atoms with Gasteiger partial charge >= 0.3 is 0 Å². The van der Waals surface area contributed by atoms with Gasteiger partial charge in [0.15, 0.2) is 5.78 Å². The highest BCUT2D eigenvalue weighted by atomic mass is 35.5. The van der Waals surface area contributed by atoms with Crippen LogP contribution in [0.5, 0.6) is 5.75 Å². The Morgan fingerprint density at radius 2 is 2.20 bits per heavy atom. The van der Waals surface area contributed by atoms with Crippen molar-refractivity contribution in [1.29, 1.82) is 0 Å². The molecule has 0 aliphatic carbocycles. The predicted molar refractivity (Wildman–Crippen MR) is 75.7 cm³/mol. The number of likely N-dealkylation sites (tertiary alicyclic amines) is 1. The molecule has 0 radical (unpaired) electrons. The molecule has 1 heterocycles. The second-order valence-electron chi connectivity index (χ2n) is 5.05. The quantitative estimate of drug-likeness (QED) is 0.828. The van der Waals surface area contributed by atoms with Crippen LogP contribution in [0.15, 0.2) is 12.1 Å². The number of benzene rings is 1. The number of phenols is 1. The van der Waals surface area contributed by atoms with Crippen LogP contribution in [0.2, 0.25) is 5.02 Å². The number of nitrogens with two attached hydrogens (primary N) is 1. The topological polar surface area (TPSA) is 83.6 Å². The molecule has 1 fully saturated rings. The molecule has 1 aromatic rings. The maximum Gasteiger partial charge on any atom is 0.234 e. The molecular formula is C14H17ClN2O3. The zero-order chi connectivity index (χ0) is 14.9. The van der Waals surface area contributed by atoms with Crippen molar-refractivity contribution in [3.05, 3.63) is 28.3 Å². The fourth-order valence-corrected chi connectivity index (χ4v) is 2.84. The average Bonchev–Trinajstić information content (AvgIpc) is 2.81. The minimum Gasteiger partial charge on any atom is -0.507 e. The number of hydrogen-bond acceptors (Lipinski definition) is 4. The summed E-state index contributed by atoms with van der Waals surface area (Å²) in [7, 11) is 0. The first kappa shape index (κ1) is 14.8. The van der Waals surface area contributed by atoms with E-state index in [-0.39, 0.29) is 29.0 Å². The van der Waals surface area contributed by atoms with Crippen LogP contribution in [0.1, 0.15) is 35.7 Å². The monoisotopic (exact) mass is 296 g/mol. The van der Waals surface area contributed by atoms with Gasteiger partial charge in [-0.25, -0.2) is 0 Å². The van der Waals surface area contributed by atoms with E-state index < -0.39 is 0 Å². The zero-order valence-corrected chi connectivity index (χ0v) is 12.0. The summed E-state index contributed by atoms with van der Waals surface area (Å²) >= 11 is 5.98. The molecule has 1 amide bonds. The van der Waals surface area contributed by atoms with E-state index in [1.54, 1.807) is 6.07 Å². The van der Waals surface area contributed by atoms with Gasteiger partial charge in [-0.15, -0.1) is 0 Å². The first-order chi connectivity index (χ1) is 9.40. The molecule has 2 rings (SSSR count). The molecule has 1 atom stereocenters. The number of rotatable bonds is 4. The zero-order valence-electron chi connectivity index (χ0n) is 11.2. The third kappa shape index (κ3) is 2.94. The number of primary amides is 1. The fourth-order valence-electron chi connectivity index (χ4n) is 2.60. The van der Waals surface area contributed by atoms with Gasteiger partial charge in [0.2, 0.25) is 5.91 Å². The minimum absolute atomic E-state index is 0.0722. The summed E-state index contributed by atoms with van der Waals surface area (Å²) in [5, 5.41) is 10.5. The van der Waals surface area contributed by atoms with Crippen molar-refractivity contribution in [1.82, 2.24) is 4.90 Å². The summed E-state index contributed by atoms with van der Waals surface area (Å²) in [6, 6.07) is 2.73. The predicted octanol–water partition coefficient (Wildman–Crippen LogP) is 1.70. The highest BCUT2D eigenvalue weighted by molar-refractivity contribution is 6.31. The lowest BCUT2D eigenvalue weighted by molar-refractivity contribution is -0.122. The van der Waals surface area contributed by atoms with Gasteiger partial charge in [0.25, 0.3) is 0 Å². The van der Waals surface area contributed by atoms with Crippen LogP contribution in [0.25, 0.3) is 0 Å². The Hall–Kier alpha value is -1.59. The van der Waals surface area contributed by atoms with E-state index in [4.69, 9.17) is 17.3 Å². The van der Waals surface area contributed by atoms with E-state index in [1.807, 2.05) is 4.90 Å². The maximum absolute atomic E-state index is 11.5. The van der Waals surface area contributed by atoms with Crippen molar-refractivity contribution in [2.45, 2.75) is 32.4 Å². The van der Waals surface area contributed by atoms with Gasteiger partial charge in [0, 0.05) is 17.1 Å². The van der Waals surface area contributed by atoms with Gasteiger partial charge < -0.3 is 10.8 Å². The molecule has 1 aromatic carbocycles. The number of aromatic hydroxyl groups is 1. The standard InChI is InChI=1S/C14H17ClN2O3/c1-8(18)11-6-10(15)5-9(13(11)19)7-17-4-2-3-12(17)14(16)20/h5-6,12,19H,2-4,7H2,1H3,(H2,16,20). The summed E-state index contributed by atoms with van der Waals surface area (Å²) in [4.78, 5) is 24.7. The molecular weight excluding hydrogens is 280 g/mol. The molecule has 0 spiro atoms. The molecule has 5 nitrogen and oxygen atoms in total. The lowest BCUT2D eigenvalue weighted by Gasteiger charge is -2.22. The van der Waals surface area contributed by atoms with E-state index in [1.165, 1.54) is 13.0 Å². The molecule has 1 saturated heterocycles. The number of ketones is 1. The SMILES string of the molecule is CC(=O)c1cc(Cl)cc(CN2CCCC2C(N)=O)c1O. The minimum atomic E-state index is -0.365. The highest BCUT2D eigenvalue weighted by Gasteiger charge is 2.29. The summed E-state index contributed by atoms with van der Waals surface area (Å²) in [6.45, 7) is 2.45. The van der Waals surface area contributed by atoms with Crippen LogP contribution in [-0.4, -0.2) is 34.3 Å². The average molecular weight is 297 g/mol. The van der Waals surface area contributed by atoms with Crippen LogP contribution in [0, 0.1) is 0 Å². The lowest BCUT2D eigenvalue weighted by Crippen LogP contribution is -2.39. The van der Waals surface area contributed by atoms with Gasteiger partial charge in [-0.2, -0.15) is 0 Å². The van der Waals surface area contributed by atoms with Gasteiger partial charge in [-0.3, -0.25) is 14.5 Å². The van der Waals surface area contributed by atoms with Crippen LogP contribution in [-0.2, 0) is 11.3 Å². The summed E-state index contributed by atoms with van der Waals surface area (Å²) < 4.78 is 0. The molecule has 1 aliphatic rings. The Labute approximate surface area is 122 Å². The van der Waals surface area contributed by atoms with Gasteiger partial charge in [0.1, 0.15) is 5.75 Å². The lowest BCUT2D eigenvalue weighted by atomic mass is 10.0. The van der Waals surface area contributed by atoms with E-state index in [0.29, 0.717) is 17.1 Å². The van der Waals surface area contributed by atoms with Gasteiger partial charge in [0.05, 0.1) is 11.6 Å². The number of carbonyl (C=O) groups excluding carboxylic acids is 2. The molecule has 20 heavy (non-hydrogen) atoms. The van der Waals surface area contributed by atoms with Crippen molar-refractivity contribution >= 4 is 23.3 Å². The molecule has 1 unspecified atom stereocenters. The smallest absolute Gasteiger partial charge is 0.234 e. The molecule has 0 saturated carbocycles. The summed E-state index contributed by atoms with van der Waals surface area (Å²) in [5.74, 6) is -0.688. The van der Waals surface area contributed by atoms with E-state index in [0.717, 1.165) is 19.4 Å². The van der Waals surface area contributed by atoms with Crippen molar-refractivity contribution in [2.24, 2.45) is 5.73 Å². The van der Waals surface area contributed by atoms with Crippen LogP contribution in [0.3, 0.4) is 0 Å². The molecule has 6 heteroatoms. The van der Waals surface area contributed by atoms with Crippen molar-refractivity contribution < 1.29 is 14.7 Å². The van der Waals surface area contributed by atoms with Gasteiger partial charge in [-0.05, 0) is 38.4 Å². The first-order valence-corrected chi connectivity index (χ1v) is 6.83. The highest BCUT2D eigenvalue weighted by Crippen LogP contribution is 2.30. The Morgan fingerprint density at radius 3 is 2.80 bits per heavy atom. The fraction of sp³-hybridized carbons (Fsp3) is 0.429. The van der Waals surface area contributed by atoms with Crippen molar-refractivity contribution in [2.75, 3.05) is 6.54 Å². The number of phenolic OH excluding ortho intramolecular Hbond substituents is 1.